The molecule has 2 N–H and O–H groups in total. The minimum atomic E-state index is 0. The van der Waals surface area contributed by atoms with E-state index >= 15 is 0 Å². The second-order valence-electron chi connectivity index (χ2n) is 8.39. The van der Waals surface area contributed by atoms with E-state index in [4.69, 9.17) is 4.74 Å². The maximum atomic E-state index is 5.11. The Morgan fingerprint density at radius 2 is 1.66 bits per heavy atom. The summed E-state index contributed by atoms with van der Waals surface area (Å²) in [6.07, 6.45) is 3.47. The zero-order chi connectivity index (χ0) is 22.2. The molecule has 0 amide bonds. The van der Waals surface area contributed by atoms with Crippen molar-refractivity contribution in [1.29, 1.82) is 0 Å². The van der Waals surface area contributed by atoms with E-state index < -0.39 is 0 Å². The molecule has 32 heavy (non-hydrogen) atoms. The van der Waals surface area contributed by atoms with Gasteiger partial charge < -0.3 is 25.2 Å². The van der Waals surface area contributed by atoms with Crippen molar-refractivity contribution in [3.05, 3.63) is 35.9 Å². The molecular formula is C24H45IN6O. The van der Waals surface area contributed by atoms with Crippen LogP contribution in [0.1, 0.15) is 24.8 Å². The first-order valence-corrected chi connectivity index (χ1v) is 11.8. The van der Waals surface area contributed by atoms with Gasteiger partial charge in [-0.3, -0.25) is 9.89 Å². The number of ether oxygens (including phenoxy) is 1. The molecule has 0 saturated carbocycles. The smallest absolute Gasteiger partial charge is 0.191 e. The summed E-state index contributed by atoms with van der Waals surface area (Å²) in [5, 5.41) is 6.85. The topological polar surface area (TPSA) is 55.4 Å². The zero-order valence-electron chi connectivity index (χ0n) is 20.4. The van der Waals surface area contributed by atoms with E-state index in [0.717, 1.165) is 51.7 Å². The SMILES string of the molecule is CN=C(NCCCCN1CCN(Cc2ccccc2)CC1)NCCN(C)CCCOC.I. The van der Waals surface area contributed by atoms with Crippen molar-refractivity contribution in [2.24, 2.45) is 4.99 Å². The molecule has 1 aromatic rings. The van der Waals surface area contributed by atoms with E-state index in [1.165, 1.54) is 51.1 Å². The Labute approximate surface area is 213 Å². The molecule has 7 nitrogen and oxygen atoms in total. The van der Waals surface area contributed by atoms with Gasteiger partial charge in [-0.15, -0.1) is 24.0 Å². The average Bonchev–Trinajstić information content (AvgIpc) is 2.79. The quantitative estimate of drug-likeness (QED) is 0.158. The van der Waals surface area contributed by atoms with Gasteiger partial charge in [0.2, 0.25) is 0 Å². The Morgan fingerprint density at radius 1 is 0.969 bits per heavy atom. The molecule has 184 valence electrons. The molecule has 0 aliphatic carbocycles. The van der Waals surface area contributed by atoms with E-state index in [9.17, 15) is 0 Å². The van der Waals surface area contributed by atoms with E-state index in [1.807, 2.05) is 7.05 Å². The highest BCUT2D eigenvalue weighted by molar-refractivity contribution is 14.0. The molecule has 1 saturated heterocycles. The summed E-state index contributed by atoms with van der Waals surface area (Å²) in [4.78, 5) is 11.8. The number of hydrogen-bond acceptors (Lipinski definition) is 5. The van der Waals surface area contributed by atoms with Gasteiger partial charge in [0.25, 0.3) is 0 Å². The monoisotopic (exact) mass is 560 g/mol. The lowest BCUT2D eigenvalue weighted by molar-refractivity contribution is 0.126. The number of nitrogens with zero attached hydrogens (tertiary/aromatic N) is 4. The third-order valence-corrected chi connectivity index (χ3v) is 5.81. The number of methoxy groups -OCH3 is 1. The first-order chi connectivity index (χ1) is 15.2. The molecule has 0 unspecified atom stereocenters. The van der Waals surface area contributed by atoms with Crippen LogP contribution in [-0.4, -0.2) is 107 Å². The van der Waals surface area contributed by atoms with Gasteiger partial charge in [0.05, 0.1) is 0 Å². The molecule has 1 aliphatic heterocycles. The number of hydrogen-bond donors (Lipinski definition) is 2. The second-order valence-corrected chi connectivity index (χ2v) is 8.39. The Balaban J connectivity index is 0.00000512. The summed E-state index contributed by atoms with van der Waals surface area (Å²) < 4.78 is 5.11. The van der Waals surface area contributed by atoms with Crippen LogP contribution in [0.5, 0.6) is 0 Å². The molecule has 1 aromatic carbocycles. The summed E-state index contributed by atoms with van der Waals surface area (Å²) in [7, 11) is 5.74. The van der Waals surface area contributed by atoms with Crippen LogP contribution in [-0.2, 0) is 11.3 Å². The normalized spacial score (nSPS) is 15.6. The highest BCUT2D eigenvalue weighted by Crippen LogP contribution is 2.09. The van der Waals surface area contributed by atoms with Crippen molar-refractivity contribution in [3.63, 3.8) is 0 Å². The van der Waals surface area contributed by atoms with Crippen molar-refractivity contribution < 1.29 is 4.74 Å². The third-order valence-electron chi connectivity index (χ3n) is 5.81. The zero-order valence-corrected chi connectivity index (χ0v) is 22.7. The van der Waals surface area contributed by atoms with E-state index in [1.54, 1.807) is 7.11 Å². The minimum absolute atomic E-state index is 0. The lowest BCUT2D eigenvalue weighted by Crippen LogP contribution is -2.46. The van der Waals surface area contributed by atoms with Gasteiger partial charge in [-0.25, -0.2) is 0 Å². The van der Waals surface area contributed by atoms with Gasteiger partial charge >= 0.3 is 0 Å². The molecule has 1 fully saturated rings. The van der Waals surface area contributed by atoms with Crippen molar-refractivity contribution >= 4 is 29.9 Å². The fourth-order valence-corrected chi connectivity index (χ4v) is 3.86. The molecule has 1 aliphatic rings. The van der Waals surface area contributed by atoms with Crippen molar-refractivity contribution in [3.8, 4) is 0 Å². The van der Waals surface area contributed by atoms with Gasteiger partial charge in [0.15, 0.2) is 5.96 Å². The van der Waals surface area contributed by atoms with Gasteiger partial charge in [0, 0.05) is 79.7 Å². The first kappa shape index (κ1) is 29.1. The van der Waals surface area contributed by atoms with Crippen molar-refractivity contribution in [2.75, 3.05) is 86.7 Å². The number of likely N-dealkylation sites (N-methyl/N-ethyl adjacent to an activating group) is 1. The average molecular weight is 561 g/mol. The number of rotatable bonds is 14. The van der Waals surface area contributed by atoms with Crippen LogP contribution in [0, 0.1) is 0 Å². The Kier molecular flexibility index (Phi) is 16.8. The summed E-state index contributed by atoms with van der Waals surface area (Å²) >= 11 is 0. The largest absolute Gasteiger partial charge is 0.385 e. The fraction of sp³-hybridized carbons (Fsp3) is 0.708. The highest BCUT2D eigenvalue weighted by atomic mass is 127. The number of halogens is 1. The van der Waals surface area contributed by atoms with Crippen LogP contribution < -0.4 is 10.6 Å². The van der Waals surface area contributed by atoms with Gasteiger partial charge in [-0.1, -0.05) is 30.3 Å². The molecule has 1 heterocycles. The van der Waals surface area contributed by atoms with Crippen LogP contribution in [0.25, 0.3) is 0 Å². The standard InChI is InChI=1S/C24H44N6O.HI/c1-25-24(27-13-16-28(2)14-9-21-31-3)26-12-7-8-15-29-17-19-30(20-18-29)22-23-10-5-4-6-11-23;/h4-6,10-11H,7-9,12-22H2,1-3H3,(H2,25,26,27);1H. The number of nitrogens with one attached hydrogen (secondary N) is 2. The molecular weight excluding hydrogens is 515 g/mol. The fourth-order valence-electron chi connectivity index (χ4n) is 3.86. The summed E-state index contributed by atoms with van der Waals surface area (Å²) in [5.41, 5.74) is 1.42. The van der Waals surface area contributed by atoms with Crippen LogP contribution in [0.3, 0.4) is 0 Å². The highest BCUT2D eigenvalue weighted by Gasteiger charge is 2.16. The number of piperazine rings is 1. The van der Waals surface area contributed by atoms with E-state index in [-0.39, 0.29) is 24.0 Å². The lowest BCUT2D eigenvalue weighted by Gasteiger charge is -2.34. The molecule has 0 spiro atoms. The summed E-state index contributed by atoms with van der Waals surface area (Å²) in [5.74, 6) is 0.903. The maximum Gasteiger partial charge on any atom is 0.191 e. The van der Waals surface area contributed by atoms with Crippen molar-refractivity contribution in [1.82, 2.24) is 25.3 Å². The van der Waals surface area contributed by atoms with E-state index in [0.29, 0.717) is 0 Å². The lowest BCUT2D eigenvalue weighted by atomic mass is 10.2. The summed E-state index contributed by atoms with van der Waals surface area (Å²) in [6.45, 7) is 11.7. The van der Waals surface area contributed by atoms with Gasteiger partial charge in [-0.05, 0) is 38.4 Å². The van der Waals surface area contributed by atoms with Crippen LogP contribution in [0.2, 0.25) is 0 Å². The predicted molar refractivity (Wildman–Crippen MR) is 146 cm³/mol. The number of aliphatic imine (C=N–C) groups is 1. The molecule has 0 radical (unpaired) electrons. The predicted octanol–water partition coefficient (Wildman–Crippen LogP) is 2.34. The number of guanidine groups is 1. The molecule has 0 aromatic heterocycles. The minimum Gasteiger partial charge on any atom is -0.385 e. The number of unbranched alkanes of at least 4 members (excludes halogenated alkanes) is 1. The van der Waals surface area contributed by atoms with Gasteiger partial charge in [0.1, 0.15) is 0 Å². The molecule has 8 heteroatoms. The Bertz CT molecular complexity index is 595. The van der Waals surface area contributed by atoms with Gasteiger partial charge in [-0.2, -0.15) is 0 Å². The van der Waals surface area contributed by atoms with Crippen LogP contribution in [0.4, 0.5) is 0 Å². The summed E-state index contributed by atoms with van der Waals surface area (Å²) in [6, 6.07) is 10.8. The molecule has 0 atom stereocenters. The van der Waals surface area contributed by atoms with E-state index in [2.05, 4.69) is 67.7 Å². The van der Waals surface area contributed by atoms with Crippen molar-refractivity contribution in [2.45, 2.75) is 25.8 Å². The van der Waals surface area contributed by atoms with Crippen LogP contribution in [0.15, 0.2) is 35.3 Å². The molecule has 2 rings (SSSR count). The molecule has 0 bridgehead atoms. The first-order valence-electron chi connectivity index (χ1n) is 11.8. The Morgan fingerprint density at radius 3 is 2.34 bits per heavy atom. The second kappa shape index (κ2) is 18.5. The third kappa shape index (κ3) is 12.9. The maximum absolute atomic E-state index is 5.11. The van der Waals surface area contributed by atoms with Crippen LogP contribution >= 0.6 is 24.0 Å². The number of benzene rings is 1. The Hall–Kier alpha value is -0.940.